The standard InChI is InChI=1S/C15H15NO5/c1-4-20-15(18)13-12(9(2)21-16-13)14(17)10-5-7-11(19-3)8-6-10/h5-8H,4H2,1-3H3. The summed E-state index contributed by atoms with van der Waals surface area (Å²) in [5, 5.41) is 3.62. The number of methoxy groups -OCH3 is 1. The minimum absolute atomic E-state index is 0.102. The zero-order chi connectivity index (χ0) is 15.4. The van der Waals surface area contributed by atoms with Crippen LogP contribution in [-0.2, 0) is 4.74 Å². The lowest BCUT2D eigenvalue weighted by molar-refractivity contribution is 0.0512. The Morgan fingerprint density at radius 1 is 1.24 bits per heavy atom. The van der Waals surface area contributed by atoms with Gasteiger partial charge in [0.05, 0.1) is 19.3 Å². The highest BCUT2D eigenvalue weighted by atomic mass is 16.5. The van der Waals surface area contributed by atoms with Gasteiger partial charge in [0.1, 0.15) is 11.5 Å². The van der Waals surface area contributed by atoms with Crippen molar-refractivity contribution in [3.8, 4) is 5.75 Å². The van der Waals surface area contributed by atoms with Crippen LogP contribution in [0.4, 0.5) is 0 Å². The van der Waals surface area contributed by atoms with Gasteiger partial charge in [-0.15, -0.1) is 0 Å². The minimum atomic E-state index is -0.675. The molecule has 2 rings (SSSR count). The van der Waals surface area contributed by atoms with Gasteiger partial charge in [0, 0.05) is 5.56 Å². The Morgan fingerprint density at radius 2 is 1.90 bits per heavy atom. The average molecular weight is 289 g/mol. The minimum Gasteiger partial charge on any atom is -0.497 e. The van der Waals surface area contributed by atoms with E-state index >= 15 is 0 Å². The molecule has 0 saturated carbocycles. The molecule has 6 nitrogen and oxygen atoms in total. The predicted octanol–water partition coefficient (Wildman–Crippen LogP) is 2.40. The van der Waals surface area contributed by atoms with Gasteiger partial charge >= 0.3 is 5.97 Å². The lowest BCUT2D eigenvalue weighted by Gasteiger charge is -2.04. The molecule has 0 radical (unpaired) electrons. The van der Waals surface area contributed by atoms with Crippen molar-refractivity contribution in [1.82, 2.24) is 5.16 Å². The van der Waals surface area contributed by atoms with Crippen LogP contribution in [-0.4, -0.2) is 30.6 Å². The largest absolute Gasteiger partial charge is 0.497 e. The number of ether oxygens (including phenoxy) is 2. The zero-order valence-electron chi connectivity index (χ0n) is 12.0. The summed E-state index contributed by atoms with van der Waals surface area (Å²) in [5.74, 6) is -0.108. The molecule has 0 saturated heterocycles. The molecule has 6 heteroatoms. The van der Waals surface area contributed by atoms with Gasteiger partial charge in [-0.1, -0.05) is 5.16 Å². The fraction of sp³-hybridized carbons (Fsp3) is 0.267. The van der Waals surface area contributed by atoms with Crippen LogP contribution in [0.1, 0.15) is 39.1 Å². The number of hydrogen-bond donors (Lipinski definition) is 0. The average Bonchev–Trinajstić information content (AvgIpc) is 2.88. The Labute approximate surface area is 121 Å². The van der Waals surface area contributed by atoms with Crippen LogP contribution < -0.4 is 4.74 Å². The molecule has 1 heterocycles. The molecule has 1 aromatic carbocycles. The van der Waals surface area contributed by atoms with Gasteiger partial charge in [0.2, 0.25) is 5.69 Å². The number of carbonyl (C=O) groups excluding carboxylic acids is 2. The van der Waals surface area contributed by atoms with E-state index in [2.05, 4.69) is 5.16 Å². The molecular formula is C15H15NO5. The molecule has 0 N–H and O–H groups in total. The molecule has 0 spiro atoms. The van der Waals surface area contributed by atoms with E-state index in [9.17, 15) is 9.59 Å². The summed E-state index contributed by atoms with van der Waals surface area (Å²) in [6, 6.07) is 6.56. The number of esters is 1. The van der Waals surface area contributed by atoms with Crippen molar-refractivity contribution in [3.63, 3.8) is 0 Å². The van der Waals surface area contributed by atoms with Crippen molar-refractivity contribution in [2.45, 2.75) is 13.8 Å². The number of aryl methyl sites for hydroxylation is 1. The summed E-state index contributed by atoms with van der Waals surface area (Å²) >= 11 is 0. The summed E-state index contributed by atoms with van der Waals surface area (Å²) in [7, 11) is 1.54. The highest BCUT2D eigenvalue weighted by Gasteiger charge is 2.27. The maximum atomic E-state index is 12.5. The summed E-state index contributed by atoms with van der Waals surface area (Å²) in [4.78, 5) is 24.3. The first-order valence-corrected chi connectivity index (χ1v) is 6.40. The number of rotatable bonds is 5. The van der Waals surface area contributed by atoms with E-state index in [0.29, 0.717) is 11.3 Å². The van der Waals surface area contributed by atoms with Gasteiger partial charge < -0.3 is 14.0 Å². The van der Waals surface area contributed by atoms with Crippen molar-refractivity contribution in [2.24, 2.45) is 0 Å². The molecular weight excluding hydrogens is 274 g/mol. The molecule has 21 heavy (non-hydrogen) atoms. The SMILES string of the molecule is CCOC(=O)c1noc(C)c1C(=O)c1ccc(OC)cc1. The first-order valence-electron chi connectivity index (χ1n) is 6.40. The molecule has 0 aliphatic rings. The molecule has 1 aromatic heterocycles. The van der Waals surface area contributed by atoms with Gasteiger partial charge in [-0.3, -0.25) is 4.79 Å². The normalized spacial score (nSPS) is 10.2. The molecule has 110 valence electrons. The zero-order valence-corrected chi connectivity index (χ0v) is 12.0. The van der Waals surface area contributed by atoms with Crippen molar-refractivity contribution >= 4 is 11.8 Å². The molecule has 0 fully saturated rings. The van der Waals surface area contributed by atoms with Gasteiger partial charge in [-0.2, -0.15) is 0 Å². The van der Waals surface area contributed by atoms with Gasteiger partial charge in [-0.05, 0) is 38.1 Å². The number of aromatic nitrogens is 1. The topological polar surface area (TPSA) is 78.6 Å². The maximum Gasteiger partial charge on any atom is 0.361 e. The number of hydrogen-bond acceptors (Lipinski definition) is 6. The number of ketones is 1. The first-order chi connectivity index (χ1) is 10.1. The van der Waals surface area contributed by atoms with E-state index in [-0.39, 0.29) is 29.4 Å². The van der Waals surface area contributed by atoms with E-state index in [1.54, 1.807) is 45.2 Å². The predicted molar refractivity (Wildman–Crippen MR) is 73.6 cm³/mol. The molecule has 0 atom stereocenters. The Hall–Kier alpha value is -2.63. The molecule has 0 bridgehead atoms. The molecule has 0 unspecified atom stereocenters. The number of nitrogens with zero attached hydrogens (tertiary/aromatic N) is 1. The van der Waals surface area contributed by atoms with E-state index in [0.717, 1.165) is 0 Å². The fourth-order valence-corrected chi connectivity index (χ4v) is 1.87. The second-order valence-corrected chi connectivity index (χ2v) is 4.24. The second kappa shape index (κ2) is 6.21. The van der Waals surface area contributed by atoms with Crippen LogP contribution in [0, 0.1) is 6.92 Å². The summed E-state index contributed by atoms with van der Waals surface area (Å²) in [6.07, 6.45) is 0. The third kappa shape index (κ3) is 2.94. The molecule has 0 aliphatic carbocycles. The number of benzene rings is 1. The Kier molecular flexibility index (Phi) is 4.37. The Morgan fingerprint density at radius 3 is 2.48 bits per heavy atom. The number of carbonyl (C=O) groups is 2. The summed E-state index contributed by atoms with van der Waals surface area (Å²) < 4.78 is 14.9. The van der Waals surface area contributed by atoms with E-state index in [4.69, 9.17) is 14.0 Å². The fourth-order valence-electron chi connectivity index (χ4n) is 1.87. The van der Waals surface area contributed by atoms with E-state index in [1.165, 1.54) is 0 Å². The third-order valence-corrected chi connectivity index (χ3v) is 2.91. The van der Waals surface area contributed by atoms with Crippen LogP contribution in [0.2, 0.25) is 0 Å². The second-order valence-electron chi connectivity index (χ2n) is 4.24. The molecule has 2 aromatic rings. The molecule has 0 aliphatic heterocycles. The van der Waals surface area contributed by atoms with Crippen molar-refractivity contribution < 1.29 is 23.6 Å². The van der Waals surface area contributed by atoms with E-state index in [1.807, 2.05) is 0 Å². The smallest absolute Gasteiger partial charge is 0.361 e. The lowest BCUT2D eigenvalue weighted by atomic mass is 10.0. The van der Waals surface area contributed by atoms with E-state index < -0.39 is 5.97 Å². The van der Waals surface area contributed by atoms with Gasteiger partial charge in [0.25, 0.3) is 0 Å². The highest BCUT2D eigenvalue weighted by molar-refractivity contribution is 6.14. The highest BCUT2D eigenvalue weighted by Crippen LogP contribution is 2.21. The van der Waals surface area contributed by atoms with Crippen LogP contribution in [0.25, 0.3) is 0 Å². The van der Waals surface area contributed by atoms with Gasteiger partial charge in [0.15, 0.2) is 5.78 Å². The monoisotopic (exact) mass is 289 g/mol. The maximum absolute atomic E-state index is 12.5. The van der Waals surface area contributed by atoms with Crippen molar-refractivity contribution in [1.29, 1.82) is 0 Å². The quantitative estimate of drug-likeness (QED) is 0.621. The first kappa shape index (κ1) is 14.8. The van der Waals surface area contributed by atoms with Crippen LogP contribution >= 0.6 is 0 Å². The third-order valence-electron chi connectivity index (χ3n) is 2.91. The van der Waals surface area contributed by atoms with Crippen molar-refractivity contribution in [2.75, 3.05) is 13.7 Å². The Balaban J connectivity index is 2.38. The van der Waals surface area contributed by atoms with Crippen LogP contribution in [0.3, 0.4) is 0 Å². The Bertz CT molecular complexity index is 657. The summed E-state index contributed by atoms with van der Waals surface area (Å²) in [5.41, 5.74) is 0.432. The van der Waals surface area contributed by atoms with Gasteiger partial charge in [-0.25, -0.2) is 4.79 Å². The molecule has 0 amide bonds. The van der Waals surface area contributed by atoms with Crippen molar-refractivity contribution in [3.05, 3.63) is 46.8 Å². The van der Waals surface area contributed by atoms with Crippen LogP contribution in [0.15, 0.2) is 28.8 Å². The van der Waals surface area contributed by atoms with Crippen LogP contribution in [0.5, 0.6) is 5.75 Å². The summed E-state index contributed by atoms with van der Waals surface area (Å²) in [6.45, 7) is 3.45. The lowest BCUT2D eigenvalue weighted by Crippen LogP contribution is -2.12.